The Morgan fingerprint density at radius 3 is 1.59 bits per heavy atom. The lowest BCUT2D eigenvalue weighted by atomic mass is 10.1. The summed E-state index contributed by atoms with van der Waals surface area (Å²) in [6.45, 7) is 0. The van der Waals surface area contributed by atoms with Crippen molar-refractivity contribution in [3.8, 4) is 11.1 Å². The van der Waals surface area contributed by atoms with Crippen molar-refractivity contribution in [2.75, 3.05) is 0 Å². The minimum absolute atomic E-state index is 0.458. The second-order valence-corrected chi connectivity index (χ2v) is 11.0. The highest BCUT2D eigenvalue weighted by atomic mass is 127. The number of hydrogen-bond acceptors (Lipinski definition) is 1. The Morgan fingerprint density at radius 1 is 0.556 bits per heavy atom. The van der Waals surface area contributed by atoms with Crippen LogP contribution in [-0.2, 0) is 0 Å². The monoisotopic (exact) mass is 496 g/mol. The second-order valence-electron chi connectivity index (χ2n) is 6.42. The number of hydrogen-bond donors (Lipinski definition) is 1. The van der Waals surface area contributed by atoms with E-state index in [0.29, 0.717) is 0 Å². The van der Waals surface area contributed by atoms with Crippen LogP contribution in [0.4, 0.5) is 0 Å². The summed E-state index contributed by atoms with van der Waals surface area (Å²) in [5, 5.41) is 0. The Labute approximate surface area is 180 Å². The minimum Gasteiger partial charge on any atom is -0.172 e. The standard InChI is InChI=1S/C24H17IS2/c25-17-9-11-18(12-10-17)26-19-13-15-20(16-14-19)27-23-7-3-1-5-21(23)22-6-2-4-8-24(22)27/h1-16,27H. The molecule has 27 heavy (non-hydrogen) atoms. The van der Waals surface area contributed by atoms with Gasteiger partial charge in [0.25, 0.3) is 0 Å². The lowest BCUT2D eigenvalue weighted by Crippen LogP contribution is -1.83. The molecule has 1 aliphatic heterocycles. The van der Waals surface area contributed by atoms with Crippen molar-refractivity contribution in [1.82, 2.24) is 0 Å². The van der Waals surface area contributed by atoms with E-state index in [1.807, 2.05) is 11.8 Å². The topological polar surface area (TPSA) is 0 Å². The maximum absolute atomic E-state index is 2.35. The van der Waals surface area contributed by atoms with Crippen molar-refractivity contribution in [2.45, 2.75) is 24.5 Å². The summed E-state index contributed by atoms with van der Waals surface area (Å²) in [5.74, 6) is 0. The largest absolute Gasteiger partial charge is 0.172 e. The molecule has 4 aromatic rings. The van der Waals surface area contributed by atoms with Crippen LogP contribution in [0.1, 0.15) is 0 Å². The van der Waals surface area contributed by atoms with Crippen molar-refractivity contribution in [3.05, 3.63) is 101 Å². The first-order chi connectivity index (χ1) is 13.3. The molecular formula is C24H17IS2. The highest BCUT2D eigenvalue weighted by Gasteiger charge is 2.26. The highest BCUT2D eigenvalue weighted by molar-refractivity contribution is 14.1. The van der Waals surface area contributed by atoms with Crippen LogP contribution in [0.2, 0.25) is 0 Å². The normalized spacial score (nSPS) is 13.3. The van der Waals surface area contributed by atoms with E-state index in [-0.39, 0.29) is 0 Å². The highest BCUT2D eigenvalue weighted by Crippen LogP contribution is 2.62. The van der Waals surface area contributed by atoms with Crippen molar-refractivity contribution in [1.29, 1.82) is 0 Å². The second kappa shape index (κ2) is 7.38. The summed E-state index contributed by atoms with van der Waals surface area (Å²) < 4.78 is 1.27. The van der Waals surface area contributed by atoms with Gasteiger partial charge in [0.1, 0.15) is 0 Å². The average molecular weight is 496 g/mol. The molecule has 0 spiro atoms. The maximum atomic E-state index is 2.35. The van der Waals surface area contributed by atoms with Gasteiger partial charge in [-0.15, -0.1) is 0 Å². The Kier molecular flexibility index (Phi) is 4.76. The first-order valence-electron chi connectivity index (χ1n) is 8.82. The zero-order chi connectivity index (χ0) is 18.2. The fourth-order valence-corrected chi connectivity index (χ4v) is 7.28. The molecule has 0 saturated heterocycles. The van der Waals surface area contributed by atoms with Crippen molar-refractivity contribution >= 4 is 45.2 Å². The molecule has 0 radical (unpaired) electrons. The summed E-state index contributed by atoms with van der Waals surface area (Å²) in [4.78, 5) is 6.95. The van der Waals surface area contributed by atoms with Gasteiger partial charge >= 0.3 is 0 Å². The predicted molar refractivity (Wildman–Crippen MR) is 125 cm³/mol. The number of benzene rings is 4. The van der Waals surface area contributed by atoms with Crippen LogP contribution in [0.15, 0.2) is 122 Å². The van der Waals surface area contributed by atoms with E-state index in [1.165, 1.54) is 39.2 Å². The molecule has 1 aliphatic rings. The number of rotatable bonds is 3. The van der Waals surface area contributed by atoms with Crippen molar-refractivity contribution in [3.63, 3.8) is 0 Å². The zero-order valence-electron chi connectivity index (χ0n) is 14.5. The first kappa shape index (κ1) is 17.4. The molecule has 5 rings (SSSR count). The molecule has 0 fully saturated rings. The molecule has 0 aliphatic carbocycles. The summed E-state index contributed by atoms with van der Waals surface area (Å²) in [6.07, 6.45) is 0. The van der Waals surface area contributed by atoms with Crippen molar-refractivity contribution in [2.24, 2.45) is 0 Å². The molecule has 3 heteroatoms. The van der Waals surface area contributed by atoms with Crippen LogP contribution in [-0.4, -0.2) is 0 Å². The zero-order valence-corrected chi connectivity index (χ0v) is 18.3. The van der Waals surface area contributed by atoms with E-state index in [4.69, 9.17) is 0 Å². The van der Waals surface area contributed by atoms with Crippen LogP contribution in [0.25, 0.3) is 11.1 Å². The van der Waals surface area contributed by atoms with Crippen LogP contribution >= 0.6 is 45.2 Å². The molecule has 0 bridgehead atoms. The van der Waals surface area contributed by atoms with Gasteiger partial charge in [-0.1, -0.05) is 48.2 Å². The van der Waals surface area contributed by atoms with Crippen LogP contribution in [0.5, 0.6) is 0 Å². The van der Waals surface area contributed by atoms with Gasteiger partial charge in [-0.2, -0.15) is 10.9 Å². The molecule has 1 heterocycles. The summed E-state index contributed by atoms with van der Waals surface area (Å²) in [7, 11) is -0.458. The maximum Gasteiger partial charge on any atom is 0.0131 e. The number of thiol groups is 1. The molecule has 4 aromatic carbocycles. The van der Waals surface area contributed by atoms with Gasteiger partial charge in [0.2, 0.25) is 0 Å². The Morgan fingerprint density at radius 2 is 1.04 bits per heavy atom. The van der Waals surface area contributed by atoms with Crippen molar-refractivity contribution < 1.29 is 0 Å². The van der Waals surface area contributed by atoms with Gasteiger partial charge in [0.15, 0.2) is 0 Å². The Balaban J connectivity index is 1.49. The molecule has 0 amide bonds. The van der Waals surface area contributed by atoms with Crippen LogP contribution < -0.4 is 0 Å². The van der Waals surface area contributed by atoms with Gasteiger partial charge < -0.3 is 0 Å². The number of fused-ring (bicyclic) bond motifs is 3. The molecule has 0 saturated carbocycles. The first-order valence-corrected chi connectivity index (χ1v) is 12.1. The van der Waals surface area contributed by atoms with E-state index in [2.05, 4.69) is 120 Å². The quantitative estimate of drug-likeness (QED) is 0.196. The van der Waals surface area contributed by atoms with Crippen LogP contribution in [0, 0.1) is 3.57 Å². The predicted octanol–water partition coefficient (Wildman–Crippen LogP) is 7.90. The van der Waals surface area contributed by atoms with Gasteiger partial charge in [0.05, 0.1) is 0 Å². The van der Waals surface area contributed by atoms with E-state index in [0.717, 1.165) is 0 Å². The number of halogens is 1. The molecule has 0 nitrogen and oxygen atoms in total. The Bertz CT molecular complexity index is 1060. The van der Waals surface area contributed by atoms with E-state index in [1.54, 1.807) is 0 Å². The molecule has 132 valence electrons. The molecule has 0 atom stereocenters. The Hall–Kier alpha value is -1.69. The lowest BCUT2D eigenvalue weighted by molar-refractivity contribution is 1.32. The van der Waals surface area contributed by atoms with Gasteiger partial charge in [-0.05, 0) is 99.3 Å². The lowest BCUT2D eigenvalue weighted by Gasteiger charge is -2.19. The van der Waals surface area contributed by atoms with Gasteiger partial charge in [-0.3, -0.25) is 0 Å². The molecule has 0 N–H and O–H groups in total. The fraction of sp³-hybridized carbons (Fsp3) is 0. The van der Waals surface area contributed by atoms with E-state index < -0.39 is 10.9 Å². The van der Waals surface area contributed by atoms with Gasteiger partial charge in [0, 0.05) is 23.2 Å². The molecule has 0 unspecified atom stereocenters. The van der Waals surface area contributed by atoms with E-state index >= 15 is 0 Å². The summed E-state index contributed by atoms with van der Waals surface area (Å²) >= 11 is 4.17. The van der Waals surface area contributed by atoms with E-state index in [9.17, 15) is 0 Å². The average Bonchev–Trinajstić information content (AvgIpc) is 3.05. The third-order valence-corrected chi connectivity index (χ3v) is 9.02. The fourth-order valence-electron chi connectivity index (χ4n) is 3.50. The molecular weight excluding hydrogens is 479 g/mol. The molecule has 0 aromatic heterocycles. The SMILES string of the molecule is Ic1ccc(Sc2ccc([SH]3c4ccccc4-c4ccccc43)cc2)cc1. The third-order valence-electron chi connectivity index (χ3n) is 4.72. The summed E-state index contributed by atoms with van der Waals surface area (Å²) in [5.41, 5.74) is 2.80. The summed E-state index contributed by atoms with van der Waals surface area (Å²) in [6, 6.07) is 35.6. The van der Waals surface area contributed by atoms with Gasteiger partial charge in [-0.25, -0.2) is 0 Å². The minimum atomic E-state index is -0.458. The third kappa shape index (κ3) is 3.33. The smallest absolute Gasteiger partial charge is 0.0131 e. The van der Waals surface area contributed by atoms with Crippen LogP contribution in [0.3, 0.4) is 0 Å².